The molecule has 128 valence electrons. The standard InChI is InChI=1S/C21H27NO2/c1-6-21(4,5)17-10-12-18(13-11-17)24-14-19(23)22-20-15(2)8-7-9-16(20)3/h7-13H,6,14H2,1-5H3,(H,22,23). The third-order valence-corrected chi connectivity index (χ3v) is 4.64. The van der Waals surface area contributed by atoms with Crippen LogP contribution in [0.15, 0.2) is 42.5 Å². The maximum Gasteiger partial charge on any atom is 0.262 e. The molecule has 0 aliphatic rings. The summed E-state index contributed by atoms with van der Waals surface area (Å²) < 4.78 is 5.61. The normalized spacial score (nSPS) is 11.2. The predicted octanol–water partition coefficient (Wildman–Crippen LogP) is 5.01. The Morgan fingerprint density at radius 3 is 2.17 bits per heavy atom. The van der Waals surface area contributed by atoms with Crippen LogP contribution >= 0.6 is 0 Å². The molecule has 0 radical (unpaired) electrons. The average molecular weight is 325 g/mol. The van der Waals surface area contributed by atoms with Gasteiger partial charge >= 0.3 is 0 Å². The van der Waals surface area contributed by atoms with Crippen LogP contribution in [0.2, 0.25) is 0 Å². The lowest BCUT2D eigenvalue weighted by atomic mass is 9.82. The number of hydrogen-bond acceptors (Lipinski definition) is 2. The summed E-state index contributed by atoms with van der Waals surface area (Å²) >= 11 is 0. The van der Waals surface area contributed by atoms with Gasteiger partial charge in [0.15, 0.2) is 6.61 Å². The van der Waals surface area contributed by atoms with Gasteiger partial charge in [-0.05, 0) is 54.5 Å². The summed E-state index contributed by atoms with van der Waals surface area (Å²) in [4.78, 5) is 12.1. The van der Waals surface area contributed by atoms with E-state index in [1.165, 1.54) is 5.56 Å². The van der Waals surface area contributed by atoms with Crippen molar-refractivity contribution in [1.82, 2.24) is 0 Å². The van der Waals surface area contributed by atoms with Gasteiger partial charge in [0.25, 0.3) is 5.91 Å². The van der Waals surface area contributed by atoms with Crippen molar-refractivity contribution in [3.63, 3.8) is 0 Å². The zero-order valence-electron chi connectivity index (χ0n) is 15.3. The molecule has 0 fully saturated rings. The van der Waals surface area contributed by atoms with Gasteiger partial charge in [0, 0.05) is 5.69 Å². The molecule has 2 rings (SSSR count). The van der Waals surface area contributed by atoms with Gasteiger partial charge in [-0.2, -0.15) is 0 Å². The number of aryl methyl sites for hydroxylation is 2. The first-order chi connectivity index (χ1) is 11.3. The van der Waals surface area contributed by atoms with Crippen molar-refractivity contribution in [2.75, 3.05) is 11.9 Å². The van der Waals surface area contributed by atoms with Gasteiger partial charge in [0.1, 0.15) is 5.75 Å². The molecule has 0 saturated carbocycles. The Morgan fingerprint density at radius 1 is 1.04 bits per heavy atom. The molecular formula is C21H27NO2. The second-order valence-corrected chi connectivity index (χ2v) is 6.87. The molecule has 0 bridgehead atoms. The second-order valence-electron chi connectivity index (χ2n) is 6.87. The van der Waals surface area contributed by atoms with Crippen molar-refractivity contribution in [1.29, 1.82) is 0 Å². The minimum atomic E-state index is -0.148. The molecule has 0 aromatic heterocycles. The molecule has 3 heteroatoms. The highest BCUT2D eigenvalue weighted by molar-refractivity contribution is 5.93. The third-order valence-electron chi connectivity index (χ3n) is 4.64. The lowest BCUT2D eigenvalue weighted by Gasteiger charge is -2.23. The van der Waals surface area contributed by atoms with Gasteiger partial charge in [-0.3, -0.25) is 4.79 Å². The molecule has 0 heterocycles. The Labute approximate surface area is 145 Å². The smallest absolute Gasteiger partial charge is 0.262 e. The Balaban J connectivity index is 1.95. The molecule has 3 nitrogen and oxygen atoms in total. The number of amides is 1. The van der Waals surface area contributed by atoms with E-state index >= 15 is 0 Å². The maximum atomic E-state index is 12.1. The first-order valence-electron chi connectivity index (χ1n) is 8.43. The Bertz CT molecular complexity index is 682. The van der Waals surface area contributed by atoms with Crippen molar-refractivity contribution >= 4 is 11.6 Å². The zero-order chi connectivity index (χ0) is 17.7. The van der Waals surface area contributed by atoms with Crippen molar-refractivity contribution < 1.29 is 9.53 Å². The predicted molar refractivity (Wildman–Crippen MR) is 99.8 cm³/mol. The van der Waals surface area contributed by atoms with E-state index < -0.39 is 0 Å². The van der Waals surface area contributed by atoms with Crippen LogP contribution in [-0.4, -0.2) is 12.5 Å². The number of rotatable bonds is 6. The number of ether oxygens (including phenoxy) is 1. The summed E-state index contributed by atoms with van der Waals surface area (Å²) in [5.41, 5.74) is 4.39. The highest BCUT2D eigenvalue weighted by Gasteiger charge is 2.17. The number of carbonyl (C=O) groups excluding carboxylic acids is 1. The number of carbonyl (C=O) groups is 1. The van der Waals surface area contributed by atoms with Crippen LogP contribution in [0.3, 0.4) is 0 Å². The number of hydrogen-bond donors (Lipinski definition) is 1. The lowest BCUT2D eigenvalue weighted by Crippen LogP contribution is -2.21. The van der Waals surface area contributed by atoms with Gasteiger partial charge in [-0.1, -0.05) is 51.1 Å². The monoisotopic (exact) mass is 325 g/mol. The summed E-state index contributed by atoms with van der Waals surface area (Å²) in [7, 11) is 0. The SMILES string of the molecule is CCC(C)(C)c1ccc(OCC(=O)Nc2c(C)cccc2C)cc1. The maximum absolute atomic E-state index is 12.1. The van der Waals surface area contributed by atoms with Crippen LogP contribution in [-0.2, 0) is 10.2 Å². The van der Waals surface area contributed by atoms with Gasteiger partial charge in [-0.25, -0.2) is 0 Å². The molecule has 2 aromatic rings. The fourth-order valence-corrected chi connectivity index (χ4v) is 2.54. The van der Waals surface area contributed by atoms with Crippen LogP contribution in [0.5, 0.6) is 5.75 Å². The third kappa shape index (κ3) is 4.38. The van der Waals surface area contributed by atoms with Crippen LogP contribution < -0.4 is 10.1 Å². The first-order valence-corrected chi connectivity index (χ1v) is 8.43. The van der Waals surface area contributed by atoms with E-state index in [4.69, 9.17) is 4.74 Å². The van der Waals surface area contributed by atoms with Crippen LogP contribution in [0.1, 0.15) is 43.9 Å². The van der Waals surface area contributed by atoms with Crippen LogP contribution in [0.4, 0.5) is 5.69 Å². The zero-order valence-corrected chi connectivity index (χ0v) is 15.3. The molecule has 0 atom stereocenters. The molecule has 1 N–H and O–H groups in total. The number of nitrogens with one attached hydrogen (secondary N) is 1. The summed E-state index contributed by atoms with van der Waals surface area (Å²) in [6.45, 7) is 10.6. The highest BCUT2D eigenvalue weighted by atomic mass is 16.5. The number of benzene rings is 2. The largest absolute Gasteiger partial charge is 0.484 e. The molecule has 0 spiro atoms. The average Bonchev–Trinajstić information content (AvgIpc) is 2.57. The van der Waals surface area contributed by atoms with E-state index in [0.717, 1.165) is 23.2 Å². The van der Waals surface area contributed by atoms with E-state index in [-0.39, 0.29) is 17.9 Å². The molecule has 0 unspecified atom stereocenters. The van der Waals surface area contributed by atoms with Gasteiger partial charge in [0.05, 0.1) is 0 Å². The quantitative estimate of drug-likeness (QED) is 0.811. The van der Waals surface area contributed by atoms with Gasteiger partial charge in [-0.15, -0.1) is 0 Å². The molecule has 0 aliphatic heterocycles. The van der Waals surface area contributed by atoms with E-state index in [1.807, 2.05) is 44.2 Å². The van der Waals surface area contributed by atoms with Crippen molar-refractivity contribution in [3.8, 4) is 5.75 Å². The van der Waals surface area contributed by atoms with Gasteiger partial charge in [0.2, 0.25) is 0 Å². The van der Waals surface area contributed by atoms with Crippen LogP contribution in [0, 0.1) is 13.8 Å². The number of anilines is 1. The molecule has 24 heavy (non-hydrogen) atoms. The van der Waals surface area contributed by atoms with Crippen molar-refractivity contribution in [2.24, 2.45) is 0 Å². The molecule has 2 aromatic carbocycles. The summed E-state index contributed by atoms with van der Waals surface area (Å²) in [6.07, 6.45) is 1.07. The van der Waals surface area contributed by atoms with E-state index in [9.17, 15) is 4.79 Å². The number of para-hydroxylation sites is 1. The van der Waals surface area contributed by atoms with Gasteiger partial charge < -0.3 is 10.1 Å². The lowest BCUT2D eigenvalue weighted by molar-refractivity contribution is -0.118. The van der Waals surface area contributed by atoms with E-state index in [1.54, 1.807) is 0 Å². The summed E-state index contributed by atoms with van der Waals surface area (Å²) in [5.74, 6) is 0.563. The van der Waals surface area contributed by atoms with Crippen molar-refractivity contribution in [3.05, 3.63) is 59.2 Å². The fourth-order valence-electron chi connectivity index (χ4n) is 2.54. The van der Waals surface area contributed by atoms with E-state index in [0.29, 0.717) is 5.75 Å². The summed E-state index contributed by atoms with van der Waals surface area (Å²) in [5, 5.41) is 2.93. The minimum absolute atomic E-state index is 0.00426. The topological polar surface area (TPSA) is 38.3 Å². The molecule has 0 aliphatic carbocycles. The molecule has 1 amide bonds. The first kappa shape index (κ1) is 18.1. The molecular weight excluding hydrogens is 298 g/mol. The Hall–Kier alpha value is -2.29. The van der Waals surface area contributed by atoms with Crippen molar-refractivity contribution in [2.45, 2.75) is 46.5 Å². The van der Waals surface area contributed by atoms with Crippen LogP contribution in [0.25, 0.3) is 0 Å². The fraction of sp³-hybridized carbons (Fsp3) is 0.381. The second kappa shape index (κ2) is 7.52. The summed E-state index contributed by atoms with van der Waals surface area (Å²) in [6, 6.07) is 14.0. The Morgan fingerprint density at radius 2 is 1.62 bits per heavy atom. The highest BCUT2D eigenvalue weighted by Crippen LogP contribution is 2.28. The Kier molecular flexibility index (Phi) is 5.66. The minimum Gasteiger partial charge on any atom is -0.484 e. The van der Waals surface area contributed by atoms with E-state index in [2.05, 4.69) is 38.2 Å². The molecule has 0 saturated heterocycles.